The third-order valence-electron chi connectivity index (χ3n) is 5.41. The molecule has 0 N–H and O–H groups in total. The fraction of sp³-hybridized carbons (Fsp3) is 0.350. The van der Waals surface area contributed by atoms with Crippen molar-refractivity contribution < 1.29 is 4.79 Å². The van der Waals surface area contributed by atoms with E-state index in [9.17, 15) is 9.59 Å². The van der Waals surface area contributed by atoms with E-state index in [0.717, 1.165) is 28.1 Å². The Balaban J connectivity index is 1.55. The molecule has 0 bridgehead atoms. The van der Waals surface area contributed by atoms with Crippen molar-refractivity contribution in [3.63, 3.8) is 0 Å². The average Bonchev–Trinajstić information content (AvgIpc) is 3.26. The summed E-state index contributed by atoms with van der Waals surface area (Å²) in [5.41, 5.74) is 2.42. The normalized spacial score (nSPS) is 13.8. The molecule has 1 aliphatic rings. The molecule has 0 spiro atoms. The zero-order valence-corrected chi connectivity index (χ0v) is 17.1. The van der Waals surface area contributed by atoms with Gasteiger partial charge in [-0.15, -0.1) is 0 Å². The molecule has 5 rings (SSSR count). The maximum absolute atomic E-state index is 12.7. The summed E-state index contributed by atoms with van der Waals surface area (Å²) in [4.78, 5) is 33.1. The summed E-state index contributed by atoms with van der Waals surface area (Å²) in [6, 6.07) is 9.99. The van der Waals surface area contributed by atoms with E-state index in [1.807, 2.05) is 41.8 Å². The molecule has 10 heteroatoms. The Kier molecular flexibility index (Phi) is 4.09. The Hall–Kier alpha value is -3.69. The predicted molar refractivity (Wildman–Crippen MR) is 111 cm³/mol. The molecule has 1 amide bonds. The maximum Gasteiger partial charge on any atom is 0.346 e. The van der Waals surface area contributed by atoms with E-state index in [1.165, 1.54) is 9.58 Å². The van der Waals surface area contributed by atoms with Crippen LogP contribution in [0.3, 0.4) is 0 Å². The molecule has 10 nitrogen and oxygen atoms in total. The van der Waals surface area contributed by atoms with Crippen molar-refractivity contribution in [1.29, 1.82) is 0 Å². The van der Waals surface area contributed by atoms with Crippen molar-refractivity contribution in [1.82, 2.24) is 33.8 Å². The summed E-state index contributed by atoms with van der Waals surface area (Å²) in [7, 11) is 3.33. The minimum Gasteiger partial charge on any atom is -0.347 e. The van der Waals surface area contributed by atoms with Crippen LogP contribution in [0, 0.1) is 6.92 Å². The van der Waals surface area contributed by atoms with Crippen LogP contribution >= 0.6 is 0 Å². The number of carbonyl (C=O) groups is 1. The lowest BCUT2D eigenvalue weighted by atomic mass is 10.2. The molecular weight excluding hydrogens is 384 g/mol. The standard InChI is InChI=1S/C20H22N8O2/c1-13-10-16-21-19(14-6-4-5-7-15(14)28(16)22-13)25-8-9-26-17(11-25)23-27(20(26)30)12-18(29)24(2)3/h4-7,10H,8-9,11-12H2,1-3H3. The number of benzene rings is 1. The van der Waals surface area contributed by atoms with Crippen molar-refractivity contribution in [3.05, 3.63) is 52.3 Å². The van der Waals surface area contributed by atoms with E-state index < -0.39 is 0 Å². The van der Waals surface area contributed by atoms with Gasteiger partial charge in [0.25, 0.3) is 0 Å². The molecule has 0 unspecified atom stereocenters. The first-order valence-corrected chi connectivity index (χ1v) is 9.79. The zero-order chi connectivity index (χ0) is 21.0. The van der Waals surface area contributed by atoms with Gasteiger partial charge in [-0.25, -0.2) is 19.0 Å². The smallest absolute Gasteiger partial charge is 0.346 e. The second-order valence-corrected chi connectivity index (χ2v) is 7.73. The number of aryl methyl sites for hydroxylation is 1. The van der Waals surface area contributed by atoms with Crippen LogP contribution in [0.2, 0.25) is 0 Å². The van der Waals surface area contributed by atoms with E-state index >= 15 is 0 Å². The van der Waals surface area contributed by atoms with Crippen LogP contribution in [-0.4, -0.2) is 60.4 Å². The molecule has 154 valence electrons. The van der Waals surface area contributed by atoms with Gasteiger partial charge in [0.2, 0.25) is 5.91 Å². The van der Waals surface area contributed by atoms with Gasteiger partial charge in [-0.1, -0.05) is 12.1 Å². The number of carbonyl (C=O) groups excluding carboxylic acids is 1. The number of likely N-dealkylation sites (N-methyl/N-ethyl adjacent to an activating group) is 1. The molecule has 0 aliphatic carbocycles. The minimum absolute atomic E-state index is 0.0614. The number of anilines is 1. The topological polar surface area (TPSA) is 93.6 Å². The van der Waals surface area contributed by atoms with Gasteiger partial charge < -0.3 is 9.80 Å². The van der Waals surface area contributed by atoms with Crippen LogP contribution in [0.4, 0.5) is 5.82 Å². The van der Waals surface area contributed by atoms with Gasteiger partial charge in [0.1, 0.15) is 12.4 Å². The summed E-state index contributed by atoms with van der Waals surface area (Å²) in [5.74, 6) is 1.31. The summed E-state index contributed by atoms with van der Waals surface area (Å²) in [5, 5.41) is 9.98. The van der Waals surface area contributed by atoms with Gasteiger partial charge in [0.15, 0.2) is 11.5 Å². The van der Waals surface area contributed by atoms with Crippen LogP contribution in [0.5, 0.6) is 0 Å². The molecule has 0 atom stereocenters. The Bertz CT molecular complexity index is 1350. The van der Waals surface area contributed by atoms with Crippen molar-refractivity contribution in [2.75, 3.05) is 25.5 Å². The van der Waals surface area contributed by atoms with Crippen LogP contribution in [0.1, 0.15) is 11.5 Å². The molecule has 0 saturated heterocycles. The molecule has 30 heavy (non-hydrogen) atoms. The predicted octanol–water partition coefficient (Wildman–Crippen LogP) is 0.658. The molecule has 0 fully saturated rings. The lowest BCUT2D eigenvalue weighted by Crippen LogP contribution is -2.39. The number of nitrogens with zero attached hydrogens (tertiary/aromatic N) is 8. The highest BCUT2D eigenvalue weighted by atomic mass is 16.2. The van der Waals surface area contributed by atoms with Crippen molar-refractivity contribution in [2.45, 2.75) is 26.6 Å². The van der Waals surface area contributed by atoms with E-state index in [1.54, 1.807) is 18.7 Å². The number of amides is 1. The second kappa shape index (κ2) is 6.68. The van der Waals surface area contributed by atoms with E-state index in [2.05, 4.69) is 15.1 Å². The van der Waals surface area contributed by atoms with Gasteiger partial charge >= 0.3 is 5.69 Å². The quantitative estimate of drug-likeness (QED) is 0.496. The zero-order valence-electron chi connectivity index (χ0n) is 17.1. The van der Waals surface area contributed by atoms with Crippen LogP contribution in [-0.2, 0) is 24.4 Å². The lowest BCUT2D eigenvalue weighted by molar-refractivity contribution is -0.129. The number of hydrogen-bond donors (Lipinski definition) is 0. The molecule has 4 aromatic rings. The highest BCUT2D eigenvalue weighted by Gasteiger charge is 2.25. The highest BCUT2D eigenvalue weighted by Crippen LogP contribution is 2.28. The first-order valence-electron chi connectivity index (χ1n) is 9.79. The Morgan fingerprint density at radius 2 is 1.97 bits per heavy atom. The van der Waals surface area contributed by atoms with Crippen LogP contribution < -0.4 is 10.6 Å². The number of aromatic nitrogens is 6. The van der Waals surface area contributed by atoms with Gasteiger partial charge in [-0.3, -0.25) is 9.36 Å². The molecule has 1 aliphatic heterocycles. The molecule has 4 heterocycles. The van der Waals surface area contributed by atoms with Crippen LogP contribution in [0.25, 0.3) is 16.6 Å². The van der Waals surface area contributed by atoms with E-state index in [-0.39, 0.29) is 18.1 Å². The molecular formula is C20H22N8O2. The SMILES string of the molecule is Cc1cc2nc(N3CCn4c(nn(CC(=O)N(C)C)c4=O)C3)c3ccccc3n2n1. The average molecular weight is 406 g/mol. The Labute approximate surface area is 171 Å². The maximum atomic E-state index is 12.7. The molecule has 3 aromatic heterocycles. The highest BCUT2D eigenvalue weighted by molar-refractivity contribution is 5.91. The first-order chi connectivity index (χ1) is 14.4. The molecule has 0 saturated carbocycles. The first kappa shape index (κ1) is 18.3. The van der Waals surface area contributed by atoms with E-state index in [4.69, 9.17) is 4.98 Å². The summed E-state index contributed by atoms with van der Waals surface area (Å²) in [6.45, 7) is 3.45. The minimum atomic E-state index is -0.250. The lowest BCUT2D eigenvalue weighted by Gasteiger charge is -2.28. The molecule has 0 radical (unpaired) electrons. The number of hydrogen-bond acceptors (Lipinski definition) is 6. The fourth-order valence-electron chi connectivity index (χ4n) is 3.85. The Morgan fingerprint density at radius 3 is 2.77 bits per heavy atom. The fourth-order valence-corrected chi connectivity index (χ4v) is 3.85. The number of fused-ring (bicyclic) bond motifs is 4. The summed E-state index contributed by atoms with van der Waals surface area (Å²) in [6.07, 6.45) is 0. The monoisotopic (exact) mass is 406 g/mol. The van der Waals surface area contributed by atoms with Crippen molar-refractivity contribution in [3.8, 4) is 0 Å². The van der Waals surface area contributed by atoms with E-state index in [0.29, 0.717) is 25.5 Å². The number of rotatable bonds is 3. The summed E-state index contributed by atoms with van der Waals surface area (Å²) < 4.78 is 4.75. The second-order valence-electron chi connectivity index (χ2n) is 7.73. The molecule has 1 aromatic carbocycles. The van der Waals surface area contributed by atoms with Gasteiger partial charge in [0.05, 0.1) is 17.8 Å². The Morgan fingerprint density at radius 1 is 1.17 bits per heavy atom. The van der Waals surface area contributed by atoms with Gasteiger partial charge in [-0.05, 0) is 19.1 Å². The van der Waals surface area contributed by atoms with Gasteiger partial charge in [-0.2, -0.15) is 10.2 Å². The largest absolute Gasteiger partial charge is 0.347 e. The third kappa shape index (κ3) is 2.83. The number of para-hydroxylation sites is 1. The third-order valence-corrected chi connectivity index (χ3v) is 5.41. The summed E-state index contributed by atoms with van der Waals surface area (Å²) >= 11 is 0. The van der Waals surface area contributed by atoms with Crippen molar-refractivity contribution in [2.24, 2.45) is 0 Å². The van der Waals surface area contributed by atoms with Crippen molar-refractivity contribution >= 4 is 28.3 Å². The van der Waals surface area contributed by atoms with Gasteiger partial charge in [0, 0.05) is 38.6 Å². The van der Waals surface area contributed by atoms with Crippen LogP contribution in [0.15, 0.2) is 35.1 Å².